The van der Waals surface area contributed by atoms with Gasteiger partial charge in [-0.25, -0.2) is 0 Å². The van der Waals surface area contributed by atoms with Gasteiger partial charge in [-0.3, -0.25) is 4.79 Å². The van der Waals surface area contributed by atoms with Gasteiger partial charge in [0.1, 0.15) is 0 Å². The molecule has 1 aromatic carbocycles. The highest BCUT2D eigenvalue weighted by Crippen LogP contribution is 2.12. The van der Waals surface area contributed by atoms with Crippen LogP contribution in [0, 0.1) is 0 Å². The third-order valence-electron chi connectivity index (χ3n) is 2.54. The van der Waals surface area contributed by atoms with Crippen LogP contribution in [0.2, 0.25) is 0 Å². The number of benzene rings is 1. The normalized spacial score (nSPS) is 12.1. The monoisotopic (exact) mass is 236 g/mol. The largest absolute Gasteiger partial charge is 0.396 e. The quantitative estimate of drug-likeness (QED) is 0.617. The van der Waals surface area contributed by atoms with Gasteiger partial charge in [-0.05, 0) is 18.4 Å². The number of unbranched alkanes of at least 4 members (excludes halogenated alkanes) is 1. The van der Waals surface area contributed by atoms with Gasteiger partial charge in [-0.15, -0.1) is 0 Å². The zero-order valence-electron chi connectivity index (χ0n) is 9.93. The number of rotatable bonds is 7. The van der Waals surface area contributed by atoms with Gasteiger partial charge < -0.3 is 16.2 Å². The number of nitrogens with two attached hydrogens (primary N) is 1. The number of nitrogens with one attached hydrogen (secondary N) is 1. The topological polar surface area (TPSA) is 75.4 Å². The van der Waals surface area contributed by atoms with Crippen LogP contribution >= 0.6 is 0 Å². The van der Waals surface area contributed by atoms with Gasteiger partial charge in [-0.2, -0.15) is 0 Å². The molecule has 0 fully saturated rings. The van der Waals surface area contributed by atoms with Gasteiger partial charge in [0.15, 0.2) is 0 Å². The number of carbonyl (C=O) groups excluding carboxylic acids is 1. The Balaban J connectivity index is 2.26. The second-order valence-electron chi connectivity index (χ2n) is 4.00. The van der Waals surface area contributed by atoms with E-state index in [9.17, 15) is 4.79 Å². The second-order valence-corrected chi connectivity index (χ2v) is 4.00. The van der Waals surface area contributed by atoms with E-state index in [0.717, 1.165) is 12.0 Å². The van der Waals surface area contributed by atoms with E-state index >= 15 is 0 Å². The van der Waals surface area contributed by atoms with Crippen LogP contribution in [0.5, 0.6) is 0 Å². The molecule has 4 nitrogen and oxygen atoms in total. The first-order chi connectivity index (χ1) is 8.24. The summed E-state index contributed by atoms with van der Waals surface area (Å²) in [7, 11) is 0. The van der Waals surface area contributed by atoms with Crippen molar-refractivity contribution in [3.05, 3.63) is 35.9 Å². The Morgan fingerprint density at radius 1 is 1.29 bits per heavy atom. The minimum absolute atomic E-state index is 0.0423. The van der Waals surface area contributed by atoms with E-state index in [1.165, 1.54) is 0 Å². The first kappa shape index (κ1) is 13.7. The summed E-state index contributed by atoms with van der Waals surface area (Å²) in [6.07, 6.45) is 1.80. The Hall–Kier alpha value is -1.39. The molecule has 94 valence electrons. The van der Waals surface area contributed by atoms with Crippen molar-refractivity contribution in [1.82, 2.24) is 5.32 Å². The number of amides is 1. The summed E-state index contributed by atoms with van der Waals surface area (Å²) in [4.78, 5) is 11.5. The van der Waals surface area contributed by atoms with Crippen LogP contribution in [0.15, 0.2) is 30.3 Å². The highest BCUT2D eigenvalue weighted by Gasteiger charge is 2.10. The molecule has 0 aromatic heterocycles. The molecule has 0 heterocycles. The molecule has 0 saturated heterocycles. The van der Waals surface area contributed by atoms with Crippen LogP contribution in [0.1, 0.15) is 30.9 Å². The molecule has 1 rings (SSSR count). The predicted octanol–water partition coefficient (Wildman–Crippen LogP) is 0.965. The number of hydrogen-bond acceptors (Lipinski definition) is 3. The first-order valence-electron chi connectivity index (χ1n) is 5.92. The van der Waals surface area contributed by atoms with Crippen LogP contribution in [0.4, 0.5) is 0 Å². The van der Waals surface area contributed by atoms with E-state index < -0.39 is 0 Å². The fourth-order valence-corrected chi connectivity index (χ4v) is 1.55. The van der Waals surface area contributed by atoms with Crippen LogP contribution in [0.25, 0.3) is 0 Å². The zero-order chi connectivity index (χ0) is 12.5. The average Bonchev–Trinajstić information content (AvgIpc) is 2.36. The lowest BCUT2D eigenvalue weighted by atomic mass is 10.0. The number of carbonyl (C=O) groups is 1. The lowest BCUT2D eigenvalue weighted by Gasteiger charge is -2.11. The summed E-state index contributed by atoms with van der Waals surface area (Å²) in [6, 6.07) is 9.33. The smallest absolute Gasteiger partial charge is 0.221 e. The van der Waals surface area contributed by atoms with Crippen LogP contribution in [-0.2, 0) is 4.79 Å². The molecular formula is C13H20N2O2. The standard InChI is InChI=1S/C13H20N2O2/c14-12(11-6-2-1-3-7-11)10-13(17)15-8-4-5-9-16/h1-3,6-7,12,16H,4-5,8-10,14H2,(H,15,17). The van der Waals surface area contributed by atoms with E-state index in [0.29, 0.717) is 19.4 Å². The molecule has 0 aliphatic heterocycles. The Bertz CT molecular complexity index is 327. The molecular weight excluding hydrogens is 216 g/mol. The second kappa shape index (κ2) is 7.81. The molecule has 17 heavy (non-hydrogen) atoms. The van der Waals surface area contributed by atoms with Crippen molar-refractivity contribution in [1.29, 1.82) is 0 Å². The summed E-state index contributed by atoms with van der Waals surface area (Å²) in [5.74, 6) is -0.0423. The van der Waals surface area contributed by atoms with Gasteiger partial charge in [0.05, 0.1) is 0 Å². The van der Waals surface area contributed by atoms with Crippen LogP contribution < -0.4 is 11.1 Å². The van der Waals surface area contributed by atoms with Gasteiger partial charge in [0, 0.05) is 25.6 Å². The fraction of sp³-hybridized carbons (Fsp3) is 0.462. The predicted molar refractivity (Wildman–Crippen MR) is 67.3 cm³/mol. The molecule has 0 aliphatic carbocycles. The molecule has 4 N–H and O–H groups in total. The van der Waals surface area contributed by atoms with Gasteiger partial charge >= 0.3 is 0 Å². The summed E-state index contributed by atoms with van der Waals surface area (Å²) < 4.78 is 0. The summed E-state index contributed by atoms with van der Waals surface area (Å²) in [6.45, 7) is 0.764. The molecule has 1 aromatic rings. The minimum Gasteiger partial charge on any atom is -0.396 e. The number of hydrogen-bond donors (Lipinski definition) is 3. The third kappa shape index (κ3) is 5.47. The number of aliphatic hydroxyl groups excluding tert-OH is 1. The fourth-order valence-electron chi connectivity index (χ4n) is 1.55. The van der Waals surface area contributed by atoms with E-state index in [1.807, 2.05) is 30.3 Å². The summed E-state index contributed by atoms with van der Waals surface area (Å²) >= 11 is 0. The van der Waals surface area contributed by atoms with Crippen molar-refractivity contribution in [2.45, 2.75) is 25.3 Å². The van der Waals surface area contributed by atoms with Gasteiger partial charge in [0.2, 0.25) is 5.91 Å². The molecule has 4 heteroatoms. The SMILES string of the molecule is NC(CC(=O)NCCCCO)c1ccccc1. The average molecular weight is 236 g/mol. The molecule has 0 bridgehead atoms. The summed E-state index contributed by atoms with van der Waals surface area (Å²) in [5, 5.41) is 11.4. The van der Waals surface area contributed by atoms with E-state index in [4.69, 9.17) is 10.8 Å². The Kier molecular flexibility index (Phi) is 6.29. The van der Waals surface area contributed by atoms with E-state index in [1.54, 1.807) is 0 Å². The zero-order valence-corrected chi connectivity index (χ0v) is 9.93. The lowest BCUT2D eigenvalue weighted by Crippen LogP contribution is -2.28. The Morgan fingerprint density at radius 3 is 2.65 bits per heavy atom. The molecule has 0 radical (unpaired) electrons. The third-order valence-corrected chi connectivity index (χ3v) is 2.54. The van der Waals surface area contributed by atoms with Crippen molar-refractivity contribution in [3.63, 3.8) is 0 Å². The maximum Gasteiger partial charge on any atom is 0.221 e. The Morgan fingerprint density at radius 2 is 2.00 bits per heavy atom. The van der Waals surface area contributed by atoms with Crippen LogP contribution in [-0.4, -0.2) is 24.2 Å². The molecule has 0 saturated carbocycles. The molecule has 1 unspecified atom stereocenters. The molecule has 1 atom stereocenters. The van der Waals surface area contributed by atoms with Crippen molar-refractivity contribution >= 4 is 5.91 Å². The van der Waals surface area contributed by atoms with Crippen molar-refractivity contribution < 1.29 is 9.90 Å². The van der Waals surface area contributed by atoms with Gasteiger partial charge in [-0.1, -0.05) is 30.3 Å². The minimum atomic E-state index is -0.256. The van der Waals surface area contributed by atoms with E-state index in [2.05, 4.69) is 5.32 Å². The first-order valence-corrected chi connectivity index (χ1v) is 5.92. The molecule has 1 amide bonds. The highest BCUT2D eigenvalue weighted by molar-refractivity contribution is 5.76. The maximum absolute atomic E-state index is 11.5. The maximum atomic E-state index is 11.5. The van der Waals surface area contributed by atoms with Gasteiger partial charge in [0.25, 0.3) is 0 Å². The van der Waals surface area contributed by atoms with E-state index in [-0.39, 0.29) is 18.6 Å². The van der Waals surface area contributed by atoms with Crippen molar-refractivity contribution in [3.8, 4) is 0 Å². The summed E-state index contributed by atoms with van der Waals surface area (Å²) in [5.41, 5.74) is 6.90. The lowest BCUT2D eigenvalue weighted by molar-refractivity contribution is -0.121. The molecule has 0 spiro atoms. The van der Waals surface area contributed by atoms with Crippen LogP contribution in [0.3, 0.4) is 0 Å². The molecule has 0 aliphatic rings. The number of aliphatic hydroxyl groups is 1. The van der Waals surface area contributed by atoms with Crippen molar-refractivity contribution in [2.75, 3.05) is 13.2 Å². The Labute approximate surface area is 102 Å². The van der Waals surface area contributed by atoms with Crippen molar-refractivity contribution in [2.24, 2.45) is 5.73 Å². The highest BCUT2D eigenvalue weighted by atomic mass is 16.2.